The van der Waals surface area contributed by atoms with Crippen LogP contribution < -0.4 is 11.2 Å². The maximum atomic E-state index is 11.6. The number of aromatic amines is 2. The minimum atomic E-state index is -0.991. The molecule has 0 radical (unpaired) electrons. The summed E-state index contributed by atoms with van der Waals surface area (Å²) in [6, 6.07) is 6.70. The van der Waals surface area contributed by atoms with Gasteiger partial charge in [-0.05, 0) is 17.7 Å². The highest BCUT2D eigenvalue weighted by atomic mass is 35.5. The predicted molar refractivity (Wildman–Crippen MR) is 88.3 cm³/mol. The van der Waals surface area contributed by atoms with Crippen molar-refractivity contribution in [1.82, 2.24) is 9.97 Å². The molecule has 1 atom stereocenters. The van der Waals surface area contributed by atoms with Gasteiger partial charge in [0.05, 0.1) is 6.42 Å². The first-order valence-electron chi connectivity index (χ1n) is 6.89. The van der Waals surface area contributed by atoms with Gasteiger partial charge in [0.25, 0.3) is 5.56 Å². The van der Waals surface area contributed by atoms with E-state index in [9.17, 15) is 19.5 Å². The predicted octanol–water partition coefficient (Wildman–Crippen LogP) is 1.10. The van der Waals surface area contributed by atoms with Crippen molar-refractivity contribution >= 4 is 23.8 Å². The number of aromatic hydroxyl groups is 1. The Bertz CT molecular complexity index is 870. The second kappa shape index (κ2) is 7.60. The lowest BCUT2D eigenvalue weighted by Gasteiger charge is -2.12. The molecule has 1 heterocycles. The Morgan fingerprint density at radius 2 is 1.92 bits per heavy atom. The molecule has 4 N–H and O–H groups in total. The quantitative estimate of drug-likeness (QED) is 0.578. The molecule has 0 bridgehead atoms. The van der Waals surface area contributed by atoms with E-state index < -0.39 is 29.0 Å². The van der Waals surface area contributed by atoms with Crippen molar-refractivity contribution in [1.29, 1.82) is 0 Å². The topological polar surface area (TPSA) is 136 Å². The summed E-state index contributed by atoms with van der Waals surface area (Å²) in [5.74, 6) is -2.02. The summed E-state index contributed by atoms with van der Waals surface area (Å²) >= 11 is 5.81. The third-order valence-electron chi connectivity index (χ3n) is 3.27. The fourth-order valence-electron chi connectivity index (χ4n) is 2.11. The van der Waals surface area contributed by atoms with Gasteiger partial charge in [0.1, 0.15) is 5.56 Å². The van der Waals surface area contributed by atoms with Crippen molar-refractivity contribution in [3.05, 3.63) is 61.3 Å². The van der Waals surface area contributed by atoms with Crippen LogP contribution in [0.2, 0.25) is 5.02 Å². The van der Waals surface area contributed by atoms with Crippen LogP contribution in [0.1, 0.15) is 23.5 Å². The number of hydrogen-bond acceptors (Lipinski definition) is 5. The van der Waals surface area contributed by atoms with E-state index in [-0.39, 0.29) is 18.5 Å². The van der Waals surface area contributed by atoms with E-state index in [0.29, 0.717) is 5.02 Å². The highest BCUT2D eigenvalue weighted by Crippen LogP contribution is 2.22. The van der Waals surface area contributed by atoms with Crippen molar-refractivity contribution < 1.29 is 15.0 Å². The van der Waals surface area contributed by atoms with Gasteiger partial charge in [0.2, 0.25) is 5.88 Å². The van der Waals surface area contributed by atoms with Gasteiger partial charge in [0.15, 0.2) is 0 Å². The number of nitrogens with zero attached hydrogens (tertiary/aromatic N) is 1. The summed E-state index contributed by atoms with van der Waals surface area (Å²) < 4.78 is 0. The smallest absolute Gasteiger partial charge is 0.328 e. The molecule has 0 saturated heterocycles. The molecule has 0 aliphatic heterocycles. The van der Waals surface area contributed by atoms with Gasteiger partial charge in [-0.1, -0.05) is 23.7 Å². The van der Waals surface area contributed by atoms with Gasteiger partial charge in [-0.25, -0.2) is 4.79 Å². The summed E-state index contributed by atoms with van der Waals surface area (Å²) in [4.78, 5) is 41.6. The maximum absolute atomic E-state index is 11.6. The molecule has 1 aromatic heterocycles. The number of rotatable bonds is 6. The first-order valence-corrected chi connectivity index (χ1v) is 7.27. The molecule has 0 unspecified atom stereocenters. The number of hydrogen-bond donors (Lipinski definition) is 4. The number of aliphatic imine (C=N–C) groups is 1. The molecule has 0 amide bonds. The highest BCUT2D eigenvalue weighted by Gasteiger charge is 2.15. The number of carboxylic acid groups (broad SMARTS) is 1. The number of halogens is 1. The number of aliphatic carboxylic acids is 1. The van der Waals surface area contributed by atoms with Crippen molar-refractivity contribution in [2.24, 2.45) is 4.99 Å². The largest absolute Gasteiger partial charge is 0.494 e. The molecule has 1 aromatic carbocycles. The summed E-state index contributed by atoms with van der Waals surface area (Å²) in [5.41, 5.74) is -1.10. The molecular formula is C15H14ClN3O5. The van der Waals surface area contributed by atoms with Crippen LogP contribution in [0, 0.1) is 0 Å². The molecule has 2 aromatic rings. The van der Waals surface area contributed by atoms with Gasteiger partial charge in [-0.3, -0.25) is 24.5 Å². The van der Waals surface area contributed by atoms with Crippen molar-refractivity contribution in [2.75, 3.05) is 6.54 Å². The highest BCUT2D eigenvalue weighted by molar-refractivity contribution is 6.30. The fourth-order valence-corrected chi connectivity index (χ4v) is 2.23. The zero-order chi connectivity index (χ0) is 17.7. The molecule has 0 fully saturated rings. The average molecular weight is 352 g/mol. The lowest BCUT2D eigenvalue weighted by Crippen LogP contribution is -2.25. The second-order valence-electron chi connectivity index (χ2n) is 5.01. The number of carbonyl (C=O) groups is 1. The maximum Gasteiger partial charge on any atom is 0.328 e. The molecule has 8 nitrogen and oxygen atoms in total. The van der Waals surface area contributed by atoms with E-state index in [0.717, 1.165) is 11.8 Å². The van der Waals surface area contributed by atoms with E-state index in [2.05, 4.69) is 4.99 Å². The Balaban J connectivity index is 2.22. The van der Waals surface area contributed by atoms with Crippen molar-refractivity contribution in [3.63, 3.8) is 0 Å². The minimum Gasteiger partial charge on any atom is -0.494 e. The first kappa shape index (κ1) is 17.5. The van der Waals surface area contributed by atoms with Gasteiger partial charge in [-0.15, -0.1) is 0 Å². The Kier molecular flexibility index (Phi) is 5.54. The summed E-state index contributed by atoms with van der Waals surface area (Å²) in [7, 11) is 0. The minimum absolute atomic E-state index is 0.0753. The van der Waals surface area contributed by atoms with Crippen molar-refractivity contribution in [2.45, 2.75) is 12.3 Å². The Morgan fingerprint density at radius 1 is 1.25 bits per heavy atom. The normalized spacial score (nSPS) is 12.4. The Labute approximate surface area is 140 Å². The van der Waals surface area contributed by atoms with E-state index in [1.165, 1.54) is 0 Å². The number of nitrogens with one attached hydrogen (secondary N) is 2. The summed E-state index contributed by atoms with van der Waals surface area (Å²) in [5, 5.41) is 19.1. The molecule has 24 heavy (non-hydrogen) atoms. The van der Waals surface area contributed by atoms with E-state index >= 15 is 0 Å². The zero-order valence-electron chi connectivity index (χ0n) is 12.3. The lowest BCUT2D eigenvalue weighted by atomic mass is 9.96. The lowest BCUT2D eigenvalue weighted by molar-refractivity contribution is -0.137. The molecule has 126 valence electrons. The molecule has 0 saturated carbocycles. The number of aromatic nitrogens is 2. The average Bonchev–Trinajstić information content (AvgIpc) is 2.49. The standard InChI is InChI=1S/C15H14ClN3O5/c16-10-3-1-8(2-4-10)9(5-12(20)21)6-17-7-11-13(22)18-15(24)19-14(11)23/h1-4,7,9H,5-6H2,(H,20,21)(H3,18,19,22,23,24)/t9-/m0/s1. The zero-order valence-corrected chi connectivity index (χ0v) is 13.1. The van der Waals surface area contributed by atoms with Crippen LogP contribution in [0.5, 0.6) is 5.88 Å². The summed E-state index contributed by atoms with van der Waals surface area (Å²) in [6.45, 7) is 0.0753. The van der Waals surface area contributed by atoms with Crippen LogP contribution in [0.3, 0.4) is 0 Å². The number of carboxylic acids is 1. The Morgan fingerprint density at radius 3 is 2.50 bits per heavy atom. The number of H-pyrrole nitrogens is 2. The monoisotopic (exact) mass is 351 g/mol. The van der Waals surface area contributed by atoms with E-state index in [1.807, 2.05) is 9.97 Å². The van der Waals surface area contributed by atoms with E-state index in [1.54, 1.807) is 24.3 Å². The van der Waals surface area contributed by atoms with Gasteiger partial charge < -0.3 is 10.2 Å². The molecule has 0 aliphatic rings. The third-order valence-corrected chi connectivity index (χ3v) is 3.52. The molecule has 9 heteroatoms. The first-order chi connectivity index (χ1) is 11.4. The molecular weight excluding hydrogens is 338 g/mol. The van der Waals surface area contributed by atoms with E-state index in [4.69, 9.17) is 16.7 Å². The molecule has 0 aliphatic carbocycles. The van der Waals surface area contributed by atoms with Gasteiger partial charge in [0, 0.05) is 23.7 Å². The molecule has 2 rings (SSSR count). The van der Waals surface area contributed by atoms with Crippen LogP contribution >= 0.6 is 11.6 Å². The van der Waals surface area contributed by atoms with Crippen molar-refractivity contribution in [3.8, 4) is 5.88 Å². The fraction of sp³-hybridized carbons (Fsp3) is 0.200. The Hall–Kier alpha value is -2.87. The van der Waals surface area contributed by atoms with Crippen LogP contribution in [0.4, 0.5) is 0 Å². The van der Waals surface area contributed by atoms with Gasteiger partial charge in [-0.2, -0.15) is 0 Å². The third kappa shape index (κ3) is 4.56. The van der Waals surface area contributed by atoms with Crippen LogP contribution in [0.25, 0.3) is 0 Å². The number of benzene rings is 1. The van der Waals surface area contributed by atoms with Crippen LogP contribution in [-0.2, 0) is 4.79 Å². The van der Waals surface area contributed by atoms with Crippen LogP contribution in [0.15, 0.2) is 38.8 Å². The van der Waals surface area contributed by atoms with Gasteiger partial charge >= 0.3 is 11.7 Å². The second-order valence-corrected chi connectivity index (χ2v) is 5.45. The van der Waals surface area contributed by atoms with Crippen LogP contribution in [-0.4, -0.2) is 38.9 Å². The SMILES string of the molecule is O=C(O)C[C@@H](CN=Cc1c(O)[nH]c(=O)[nH]c1=O)c1ccc(Cl)cc1. The summed E-state index contributed by atoms with van der Waals surface area (Å²) in [6.07, 6.45) is 0.932. The molecule has 0 spiro atoms.